The Morgan fingerprint density at radius 3 is 1.81 bits per heavy atom. The standard InChI is InChI=1S/C10H22O.C4H10O/c1-4-6-7-8-9-10(3)11-5-2;1-3-5-4-2/h10H,4-9H2,1-3H3;3-4H2,1-2H3. The van der Waals surface area contributed by atoms with E-state index in [4.69, 9.17) is 9.47 Å². The van der Waals surface area contributed by atoms with Gasteiger partial charge in [0.25, 0.3) is 0 Å². The fourth-order valence-corrected chi connectivity index (χ4v) is 1.43. The Morgan fingerprint density at radius 2 is 1.44 bits per heavy atom. The molecule has 0 heterocycles. The van der Waals surface area contributed by atoms with Gasteiger partial charge in [-0.15, -0.1) is 0 Å². The van der Waals surface area contributed by atoms with Crippen molar-refractivity contribution in [1.29, 1.82) is 0 Å². The van der Waals surface area contributed by atoms with Gasteiger partial charge in [0.1, 0.15) is 0 Å². The molecule has 0 bridgehead atoms. The van der Waals surface area contributed by atoms with Crippen LogP contribution in [0.1, 0.15) is 66.7 Å². The molecule has 1 unspecified atom stereocenters. The second-order valence-corrected chi connectivity index (χ2v) is 3.90. The van der Waals surface area contributed by atoms with Crippen LogP contribution < -0.4 is 0 Å². The summed E-state index contributed by atoms with van der Waals surface area (Å²) in [6.07, 6.45) is 7.09. The van der Waals surface area contributed by atoms with E-state index < -0.39 is 0 Å². The van der Waals surface area contributed by atoms with Gasteiger partial charge in [-0.2, -0.15) is 0 Å². The second kappa shape index (κ2) is 17.3. The van der Waals surface area contributed by atoms with Gasteiger partial charge in [0, 0.05) is 19.8 Å². The Bertz CT molecular complexity index is 103. The third kappa shape index (κ3) is 19.5. The second-order valence-electron chi connectivity index (χ2n) is 3.90. The third-order valence-corrected chi connectivity index (χ3v) is 2.32. The highest BCUT2D eigenvalue weighted by molar-refractivity contribution is 4.50. The Morgan fingerprint density at radius 1 is 0.812 bits per heavy atom. The molecule has 2 nitrogen and oxygen atoms in total. The summed E-state index contributed by atoms with van der Waals surface area (Å²) in [4.78, 5) is 0. The molecule has 0 aromatic carbocycles. The molecule has 0 aliphatic heterocycles. The van der Waals surface area contributed by atoms with Crippen molar-refractivity contribution in [1.82, 2.24) is 0 Å². The maximum atomic E-state index is 5.42. The number of hydrogen-bond donors (Lipinski definition) is 0. The van der Waals surface area contributed by atoms with E-state index in [9.17, 15) is 0 Å². The molecule has 0 aromatic rings. The van der Waals surface area contributed by atoms with Gasteiger partial charge in [0.15, 0.2) is 0 Å². The Kier molecular flexibility index (Phi) is 19.8. The van der Waals surface area contributed by atoms with Gasteiger partial charge in [-0.1, -0.05) is 32.6 Å². The van der Waals surface area contributed by atoms with E-state index in [2.05, 4.69) is 20.8 Å². The van der Waals surface area contributed by atoms with E-state index in [1.165, 1.54) is 32.1 Å². The topological polar surface area (TPSA) is 18.5 Å². The summed E-state index contributed by atoms with van der Waals surface area (Å²) in [6, 6.07) is 0. The fourth-order valence-electron chi connectivity index (χ4n) is 1.43. The number of ether oxygens (including phenoxy) is 2. The molecule has 1 atom stereocenters. The van der Waals surface area contributed by atoms with Crippen molar-refractivity contribution in [3.63, 3.8) is 0 Å². The average Bonchev–Trinajstić information content (AvgIpc) is 2.27. The minimum Gasteiger partial charge on any atom is -0.382 e. The maximum absolute atomic E-state index is 5.42. The lowest BCUT2D eigenvalue weighted by atomic mass is 10.1. The molecule has 0 saturated carbocycles. The first kappa shape index (κ1) is 18.3. The van der Waals surface area contributed by atoms with Crippen molar-refractivity contribution in [3.8, 4) is 0 Å². The molecule has 0 N–H and O–H groups in total. The number of unbranched alkanes of at least 4 members (excludes halogenated alkanes) is 3. The fraction of sp³-hybridized carbons (Fsp3) is 1.00. The van der Waals surface area contributed by atoms with Gasteiger partial charge >= 0.3 is 0 Å². The van der Waals surface area contributed by atoms with E-state index in [-0.39, 0.29) is 0 Å². The highest BCUT2D eigenvalue weighted by atomic mass is 16.5. The summed E-state index contributed by atoms with van der Waals surface area (Å²) in [5, 5.41) is 0. The SMILES string of the molecule is CCCCCCC(C)OCC.CCOCC. The van der Waals surface area contributed by atoms with E-state index >= 15 is 0 Å². The van der Waals surface area contributed by atoms with E-state index in [1.807, 2.05) is 13.8 Å². The highest BCUT2D eigenvalue weighted by Crippen LogP contribution is 2.07. The summed E-state index contributed by atoms with van der Waals surface area (Å²) < 4.78 is 10.3. The van der Waals surface area contributed by atoms with E-state index in [1.54, 1.807) is 0 Å². The van der Waals surface area contributed by atoms with Crippen LogP contribution in [0.4, 0.5) is 0 Å². The minimum atomic E-state index is 0.469. The molecule has 16 heavy (non-hydrogen) atoms. The minimum absolute atomic E-state index is 0.469. The maximum Gasteiger partial charge on any atom is 0.0546 e. The first-order chi connectivity index (χ1) is 7.72. The molecule has 100 valence electrons. The van der Waals surface area contributed by atoms with E-state index in [0.29, 0.717) is 6.10 Å². The molecule has 0 amide bonds. The lowest BCUT2D eigenvalue weighted by molar-refractivity contribution is 0.0684. The van der Waals surface area contributed by atoms with Crippen molar-refractivity contribution in [2.45, 2.75) is 72.8 Å². The summed E-state index contributed by atoms with van der Waals surface area (Å²) in [5.74, 6) is 0. The van der Waals surface area contributed by atoms with Crippen LogP contribution in [-0.4, -0.2) is 25.9 Å². The van der Waals surface area contributed by atoms with Crippen LogP contribution >= 0.6 is 0 Å². The largest absolute Gasteiger partial charge is 0.382 e. The van der Waals surface area contributed by atoms with Crippen LogP contribution in [0, 0.1) is 0 Å². The quantitative estimate of drug-likeness (QED) is 0.548. The predicted octanol–water partition coefficient (Wildman–Crippen LogP) is 4.42. The van der Waals surface area contributed by atoms with Gasteiger partial charge in [0.2, 0.25) is 0 Å². The zero-order chi connectivity index (χ0) is 12.6. The smallest absolute Gasteiger partial charge is 0.0546 e. The molecular weight excluding hydrogens is 200 g/mol. The van der Waals surface area contributed by atoms with Crippen LogP contribution in [0.5, 0.6) is 0 Å². The molecular formula is C14H32O2. The van der Waals surface area contributed by atoms with Crippen molar-refractivity contribution < 1.29 is 9.47 Å². The van der Waals surface area contributed by atoms with Crippen LogP contribution in [0.3, 0.4) is 0 Å². The molecule has 0 saturated heterocycles. The normalized spacial score (nSPS) is 11.8. The number of rotatable bonds is 9. The zero-order valence-electron chi connectivity index (χ0n) is 12.1. The molecule has 0 fully saturated rings. The summed E-state index contributed by atoms with van der Waals surface area (Å²) in [6.45, 7) is 13.0. The predicted molar refractivity (Wildman–Crippen MR) is 72.0 cm³/mol. The molecule has 0 aliphatic carbocycles. The van der Waals surface area contributed by atoms with Crippen LogP contribution in [0.15, 0.2) is 0 Å². The Labute approximate surface area is 103 Å². The van der Waals surface area contributed by atoms with Crippen molar-refractivity contribution >= 4 is 0 Å². The van der Waals surface area contributed by atoms with E-state index in [0.717, 1.165) is 19.8 Å². The van der Waals surface area contributed by atoms with Gasteiger partial charge in [-0.05, 0) is 34.1 Å². The summed E-state index contributed by atoms with van der Waals surface area (Å²) in [7, 11) is 0. The molecule has 0 rings (SSSR count). The third-order valence-electron chi connectivity index (χ3n) is 2.32. The molecule has 0 aromatic heterocycles. The summed E-state index contributed by atoms with van der Waals surface area (Å²) in [5.41, 5.74) is 0. The van der Waals surface area contributed by atoms with Crippen molar-refractivity contribution in [3.05, 3.63) is 0 Å². The molecule has 0 aliphatic rings. The molecule has 0 radical (unpaired) electrons. The van der Waals surface area contributed by atoms with Crippen molar-refractivity contribution in [2.24, 2.45) is 0 Å². The Hall–Kier alpha value is -0.0800. The monoisotopic (exact) mass is 232 g/mol. The molecule has 2 heteroatoms. The highest BCUT2D eigenvalue weighted by Gasteiger charge is 1.98. The van der Waals surface area contributed by atoms with Crippen LogP contribution in [-0.2, 0) is 9.47 Å². The van der Waals surface area contributed by atoms with Gasteiger partial charge in [-0.3, -0.25) is 0 Å². The van der Waals surface area contributed by atoms with Gasteiger partial charge in [0.05, 0.1) is 6.10 Å². The van der Waals surface area contributed by atoms with Gasteiger partial charge < -0.3 is 9.47 Å². The van der Waals surface area contributed by atoms with Gasteiger partial charge in [-0.25, -0.2) is 0 Å². The first-order valence-electron chi connectivity index (χ1n) is 6.92. The van der Waals surface area contributed by atoms with Crippen molar-refractivity contribution in [2.75, 3.05) is 19.8 Å². The average molecular weight is 232 g/mol. The van der Waals surface area contributed by atoms with Crippen LogP contribution in [0.25, 0.3) is 0 Å². The Balaban J connectivity index is 0. The zero-order valence-corrected chi connectivity index (χ0v) is 12.1. The summed E-state index contributed by atoms with van der Waals surface area (Å²) >= 11 is 0. The lowest BCUT2D eigenvalue weighted by Gasteiger charge is -2.10. The lowest BCUT2D eigenvalue weighted by Crippen LogP contribution is -2.07. The van der Waals surface area contributed by atoms with Crippen LogP contribution in [0.2, 0.25) is 0 Å². The molecule has 0 spiro atoms. The number of hydrogen-bond acceptors (Lipinski definition) is 2. The first-order valence-corrected chi connectivity index (χ1v) is 6.92.